The highest BCUT2D eigenvalue weighted by Gasteiger charge is 2.29. The largest absolute Gasteiger partial charge is 0.354 e. The summed E-state index contributed by atoms with van der Waals surface area (Å²) in [7, 11) is -3.17. The van der Waals surface area contributed by atoms with Crippen molar-refractivity contribution < 1.29 is 13.2 Å². The van der Waals surface area contributed by atoms with Crippen LogP contribution in [0, 0.1) is 5.92 Å². The lowest BCUT2D eigenvalue weighted by atomic mass is 9.97. The Morgan fingerprint density at radius 2 is 1.75 bits per heavy atom. The van der Waals surface area contributed by atoms with Gasteiger partial charge in [0.25, 0.3) is 0 Å². The molecule has 4 heterocycles. The fraction of sp³-hybridized carbons (Fsp3) is 0.727. The molecule has 0 saturated carbocycles. The Bertz CT molecular complexity index is 852. The van der Waals surface area contributed by atoms with Crippen LogP contribution in [0.5, 0.6) is 0 Å². The second-order valence-electron chi connectivity index (χ2n) is 9.26. The van der Waals surface area contributed by atoms with E-state index in [9.17, 15) is 13.2 Å². The molecule has 1 aromatic heterocycles. The zero-order chi connectivity index (χ0) is 22.6. The summed E-state index contributed by atoms with van der Waals surface area (Å²) in [5.74, 6) is 1.79. The van der Waals surface area contributed by atoms with E-state index < -0.39 is 10.0 Å². The average Bonchev–Trinajstić information content (AvgIpc) is 2.80. The van der Waals surface area contributed by atoms with Crippen molar-refractivity contribution in [1.29, 1.82) is 0 Å². The molecule has 0 aliphatic carbocycles. The zero-order valence-electron chi connectivity index (χ0n) is 19.1. The van der Waals surface area contributed by atoms with Gasteiger partial charge in [0.2, 0.25) is 15.9 Å². The summed E-state index contributed by atoms with van der Waals surface area (Å²) in [4.78, 5) is 26.3. The molecule has 1 unspecified atom stereocenters. The van der Waals surface area contributed by atoms with Gasteiger partial charge in [-0.25, -0.2) is 13.4 Å². The second kappa shape index (κ2) is 10.5. The van der Waals surface area contributed by atoms with Gasteiger partial charge in [-0.1, -0.05) is 6.07 Å². The molecule has 0 radical (unpaired) electrons. The normalized spacial score (nSPS) is 24.6. The van der Waals surface area contributed by atoms with Crippen molar-refractivity contribution in [3.63, 3.8) is 0 Å². The third-order valence-electron chi connectivity index (χ3n) is 6.88. The fourth-order valence-electron chi connectivity index (χ4n) is 5.07. The van der Waals surface area contributed by atoms with Crippen molar-refractivity contribution in [2.75, 3.05) is 89.7 Å². The maximum absolute atomic E-state index is 12.8. The number of likely N-dealkylation sites (tertiary alicyclic amines) is 1. The first-order valence-electron chi connectivity index (χ1n) is 11.7. The fourth-order valence-corrected chi connectivity index (χ4v) is 5.90. The summed E-state index contributed by atoms with van der Waals surface area (Å²) in [6.45, 7) is 9.37. The Kier molecular flexibility index (Phi) is 7.65. The van der Waals surface area contributed by atoms with Crippen LogP contribution >= 0.6 is 0 Å². The maximum Gasteiger partial charge on any atom is 0.236 e. The number of aromatic nitrogens is 1. The highest BCUT2D eigenvalue weighted by atomic mass is 32.2. The standard InChI is InChI=1S/C22H36N6O3S/c1-32(30,31)28-15-13-27(14-16-28)22(29)19-25-8-4-5-20(18-25)17-24-9-11-26(12-10-24)21-6-2-3-7-23-21/h2-3,6-7,20H,4-5,8-19H2,1H3. The van der Waals surface area contributed by atoms with Gasteiger partial charge >= 0.3 is 0 Å². The smallest absolute Gasteiger partial charge is 0.236 e. The number of hydrogen-bond donors (Lipinski definition) is 0. The van der Waals surface area contributed by atoms with Crippen molar-refractivity contribution in [1.82, 2.24) is 24.0 Å². The molecule has 3 saturated heterocycles. The number of amides is 1. The maximum atomic E-state index is 12.8. The van der Waals surface area contributed by atoms with Crippen molar-refractivity contribution >= 4 is 21.7 Å². The van der Waals surface area contributed by atoms with Crippen LogP contribution in [0.1, 0.15) is 12.8 Å². The first-order chi connectivity index (χ1) is 15.4. The third-order valence-corrected chi connectivity index (χ3v) is 8.19. The van der Waals surface area contributed by atoms with Crippen LogP contribution in [0.25, 0.3) is 0 Å². The monoisotopic (exact) mass is 464 g/mol. The van der Waals surface area contributed by atoms with E-state index in [4.69, 9.17) is 0 Å². The highest BCUT2D eigenvalue weighted by Crippen LogP contribution is 2.20. The number of anilines is 1. The summed E-state index contributed by atoms with van der Waals surface area (Å²) < 4.78 is 24.8. The van der Waals surface area contributed by atoms with Crippen molar-refractivity contribution in [3.8, 4) is 0 Å². The summed E-state index contributed by atoms with van der Waals surface area (Å²) in [5, 5.41) is 0. The van der Waals surface area contributed by atoms with Gasteiger partial charge in [-0.05, 0) is 37.4 Å². The van der Waals surface area contributed by atoms with Crippen LogP contribution in [0.3, 0.4) is 0 Å². The predicted molar refractivity (Wildman–Crippen MR) is 125 cm³/mol. The molecule has 10 heteroatoms. The first-order valence-corrected chi connectivity index (χ1v) is 13.6. The number of rotatable bonds is 6. The number of piperidine rings is 1. The van der Waals surface area contributed by atoms with E-state index in [1.807, 2.05) is 23.2 Å². The first kappa shape index (κ1) is 23.4. The number of carbonyl (C=O) groups excluding carboxylic acids is 1. The molecule has 1 aromatic rings. The predicted octanol–water partition coefficient (Wildman–Crippen LogP) is 0.0194. The van der Waals surface area contributed by atoms with Gasteiger partial charge in [0.1, 0.15) is 5.82 Å². The number of carbonyl (C=O) groups is 1. The Hall–Kier alpha value is -1.75. The van der Waals surface area contributed by atoms with E-state index in [1.165, 1.54) is 17.0 Å². The lowest BCUT2D eigenvalue weighted by molar-refractivity contribution is -0.134. The SMILES string of the molecule is CS(=O)(=O)N1CCN(C(=O)CN2CCCC(CN3CCN(c4ccccn4)CC3)C2)CC1. The molecule has 0 aromatic carbocycles. The van der Waals surface area contributed by atoms with Gasteiger partial charge in [-0.2, -0.15) is 4.31 Å². The minimum absolute atomic E-state index is 0.128. The quantitative estimate of drug-likeness (QED) is 0.587. The van der Waals surface area contributed by atoms with Crippen LogP contribution < -0.4 is 4.90 Å². The van der Waals surface area contributed by atoms with E-state index >= 15 is 0 Å². The molecule has 3 aliphatic heterocycles. The summed E-state index contributed by atoms with van der Waals surface area (Å²) in [6.07, 6.45) is 5.44. The van der Waals surface area contributed by atoms with Gasteiger partial charge in [0.05, 0.1) is 12.8 Å². The number of hydrogen-bond acceptors (Lipinski definition) is 7. The van der Waals surface area contributed by atoms with Crippen molar-refractivity contribution in [3.05, 3.63) is 24.4 Å². The molecule has 0 bridgehead atoms. The van der Waals surface area contributed by atoms with Gasteiger partial charge < -0.3 is 9.80 Å². The van der Waals surface area contributed by atoms with Crippen LogP contribution in [0.2, 0.25) is 0 Å². The summed E-state index contributed by atoms with van der Waals surface area (Å²) in [5.41, 5.74) is 0. The highest BCUT2D eigenvalue weighted by molar-refractivity contribution is 7.88. The van der Waals surface area contributed by atoms with E-state index in [0.717, 1.165) is 58.1 Å². The van der Waals surface area contributed by atoms with Crippen LogP contribution in [-0.2, 0) is 14.8 Å². The number of nitrogens with zero attached hydrogens (tertiary/aromatic N) is 6. The number of piperazine rings is 2. The molecule has 178 valence electrons. The molecule has 32 heavy (non-hydrogen) atoms. The van der Waals surface area contributed by atoms with Gasteiger partial charge in [0.15, 0.2) is 0 Å². The Labute approximate surface area is 192 Å². The Balaban J connectivity index is 1.19. The van der Waals surface area contributed by atoms with E-state index in [-0.39, 0.29) is 5.91 Å². The Morgan fingerprint density at radius 3 is 2.41 bits per heavy atom. The topological polar surface area (TPSA) is 80.3 Å². The molecule has 9 nitrogen and oxygen atoms in total. The molecular formula is C22H36N6O3S. The minimum Gasteiger partial charge on any atom is -0.354 e. The van der Waals surface area contributed by atoms with Crippen LogP contribution in [0.15, 0.2) is 24.4 Å². The molecule has 3 fully saturated rings. The molecule has 1 atom stereocenters. The Morgan fingerprint density at radius 1 is 1.00 bits per heavy atom. The van der Waals surface area contributed by atoms with Crippen molar-refractivity contribution in [2.24, 2.45) is 5.92 Å². The summed E-state index contributed by atoms with van der Waals surface area (Å²) >= 11 is 0. The lowest BCUT2D eigenvalue weighted by Crippen LogP contribution is -2.53. The van der Waals surface area contributed by atoms with Gasteiger partial charge in [0, 0.05) is 71.6 Å². The molecule has 3 aliphatic rings. The van der Waals surface area contributed by atoms with E-state index in [2.05, 4.69) is 25.8 Å². The molecular weight excluding hydrogens is 428 g/mol. The van der Waals surface area contributed by atoms with Crippen molar-refractivity contribution in [2.45, 2.75) is 12.8 Å². The van der Waals surface area contributed by atoms with E-state index in [1.54, 1.807) is 0 Å². The summed E-state index contributed by atoms with van der Waals surface area (Å²) in [6, 6.07) is 6.07. The molecule has 0 spiro atoms. The number of sulfonamides is 1. The van der Waals surface area contributed by atoms with Gasteiger partial charge in [-0.15, -0.1) is 0 Å². The molecule has 0 N–H and O–H groups in total. The minimum atomic E-state index is -3.17. The third kappa shape index (κ3) is 6.18. The second-order valence-corrected chi connectivity index (χ2v) is 11.2. The zero-order valence-corrected chi connectivity index (χ0v) is 19.9. The lowest BCUT2D eigenvalue weighted by Gasteiger charge is -2.40. The number of pyridine rings is 1. The van der Waals surface area contributed by atoms with Gasteiger partial charge in [-0.3, -0.25) is 14.6 Å². The van der Waals surface area contributed by atoms with Crippen LogP contribution in [0.4, 0.5) is 5.82 Å². The molecule has 4 rings (SSSR count). The molecule has 1 amide bonds. The van der Waals surface area contributed by atoms with E-state index in [0.29, 0.717) is 38.6 Å². The average molecular weight is 465 g/mol. The van der Waals surface area contributed by atoms with Crippen LogP contribution in [-0.4, -0.2) is 123 Å².